The zero-order valence-electron chi connectivity index (χ0n) is 15.3. The number of quaternary nitrogens is 1. The minimum atomic E-state index is -0.151. The molecule has 1 aromatic carbocycles. The predicted octanol–water partition coefficient (Wildman–Crippen LogP) is 3.72. The maximum absolute atomic E-state index is 11.4. The molecule has 0 unspecified atom stereocenters. The molecule has 1 heterocycles. The molecule has 1 saturated carbocycles. The summed E-state index contributed by atoms with van der Waals surface area (Å²) in [5.41, 5.74) is 4.99. The van der Waals surface area contributed by atoms with Gasteiger partial charge in [-0.1, -0.05) is 36.6 Å². The van der Waals surface area contributed by atoms with Crippen molar-refractivity contribution in [1.29, 1.82) is 0 Å². The van der Waals surface area contributed by atoms with E-state index < -0.39 is 0 Å². The molecule has 2 bridgehead atoms. The number of likely N-dealkylation sites (N-methyl/N-ethyl adjacent to an activating group) is 1. The SMILES string of the molecule is CC(=O)OC[N@@+]1(C)CC[C@@]23CCCC[C@@H]2[C@@H]1Cc1ccc(C)cc13. The summed E-state index contributed by atoms with van der Waals surface area (Å²) in [5, 5.41) is 0. The molecule has 3 heteroatoms. The van der Waals surface area contributed by atoms with Crippen molar-refractivity contribution in [2.24, 2.45) is 5.92 Å². The number of hydrogen-bond acceptors (Lipinski definition) is 2. The molecule has 0 N–H and O–H groups in total. The highest BCUT2D eigenvalue weighted by molar-refractivity contribution is 5.65. The van der Waals surface area contributed by atoms with Gasteiger partial charge in [0.25, 0.3) is 0 Å². The highest BCUT2D eigenvalue weighted by atomic mass is 16.5. The zero-order valence-corrected chi connectivity index (χ0v) is 15.3. The maximum atomic E-state index is 11.4. The van der Waals surface area contributed by atoms with Gasteiger partial charge in [0, 0.05) is 31.1 Å². The standard InChI is InChI=1S/C21H30NO2/c1-15-7-8-17-13-20-18-6-4-5-9-21(18,19(17)12-15)10-11-22(20,3)14-24-16(2)23/h7-8,12,18,20H,4-6,9-11,13-14H2,1-3H3/q+1/t18-,20+,21+,22-/m1/s1. The van der Waals surface area contributed by atoms with Gasteiger partial charge in [-0.05, 0) is 30.9 Å². The van der Waals surface area contributed by atoms with E-state index in [1.807, 2.05) is 0 Å². The number of piperidine rings is 1. The number of rotatable bonds is 2. The van der Waals surface area contributed by atoms with Gasteiger partial charge in [-0.3, -0.25) is 9.28 Å². The quantitative estimate of drug-likeness (QED) is 0.611. The number of aryl methyl sites for hydroxylation is 1. The van der Waals surface area contributed by atoms with Crippen LogP contribution in [0.15, 0.2) is 18.2 Å². The van der Waals surface area contributed by atoms with Gasteiger partial charge in [-0.25, -0.2) is 0 Å². The van der Waals surface area contributed by atoms with Crippen LogP contribution in [-0.4, -0.2) is 36.8 Å². The Hall–Kier alpha value is -1.35. The lowest BCUT2D eigenvalue weighted by Gasteiger charge is -2.61. The minimum absolute atomic E-state index is 0.151. The van der Waals surface area contributed by atoms with Crippen molar-refractivity contribution in [2.45, 2.75) is 63.8 Å². The Bertz CT molecular complexity index is 670. The van der Waals surface area contributed by atoms with E-state index in [4.69, 9.17) is 4.74 Å². The number of nitrogens with zero attached hydrogens (tertiary/aromatic N) is 1. The normalized spacial score (nSPS) is 37.3. The Morgan fingerprint density at radius 3 is 2.96 bits per heavy atom. The lowest BCUT2D eigenvalue weighted by atomic mass is 9.52. The van der Waals surface area contributed by atoms with E-state index in [-0.39, 0.29) is 5.97 Å². The van der Waals surface area contributed by atoms with Crippen molar-refractivity contribution >= 4 is 5.97 Å². The summed E-state index contributed by atoms with van der Waals surface area (Å²) in [6.45, 7) is 5.42. The summed E-state index contributed by atoms with van der Waals surface area (Å²) < 4.78 is 6.40. The van der Waals surface area contributed by atoms with Crippen LogP contribution in [0.5, 0.6) is 0 Å². The van der Waals surface area contributed by atoms with Gasteiger partial charge < -0.3 is 4.74 Å². The van der Waals surface area contributed by atoms with Crippen LogP contribution in [-0.2, 0) is 21.4 Å². The Balaban J connectivity index is 1.77. The third-order valence-corrected chi connectivity index (χ3v) is 7.23. The molecule has 0 radical (unpaired) electrons. The highest BCUT2D eigenvalue weighted by Crippen LogP contribution is 2.57. The van der Waals surface area contributed by atoms with E-state index in [0.717, 1.165) is 23.4 Å². The predicted molar refractivity (Wildman–Crippen MR) is 94.6 cm³/mol. The van der Waals surface area contributed by atoms with Gasteiger partial charge >= 0.3 is 5.97 Å². The van der Waals surface area contributed by atoms with E-state index in [0.29, 0.717) is 18.2 Å². The molecule has 1 saturated heterocycles. The average Bonchev–Trinajstić information content (AvgIpc) is 2.57. The smallest absolute Gasteiger partial charge is 0.306 e. The van der Waals surface area contributed by atoms with Crippen LogP contribution in [0.3, 0.4) is 0 Å². The number of esters is 1. The molecule has 24 heavy (non-hydrogen) atoms. The molecule has 3 aliphatic rings. The second kappa shape index (κ2) is 5.59. The topological polar surface area (TPSA) is 26.3 Å². The van der Waals surface area contributed by atoms with Gasteiger partial charge in [0.15, 0.2) is 0 Å². The first-order chi connectivity index (χ1) is 11.4. The van der Waals surface area contributed by atoms with Crippen molar-refractivity contribution in [3.8, 4) is 0 Å². The average molecular weight is 328 g/mol. The molecule has 1 aromatic rings. The number of hydrogen-bond donors (Lipinski definition) is 0. The molecule has 1 aliphatic heterocycles. The summed E-state index contributed by atoms with van der Waals surface area (Å²) in [6.07, 6.45) is 7.79. The number of benzene rings is 1. The monoisotopic (exact) mass is 328 g/mol. The van der Waals surface area contributed by atoms with E-state index in [1.54, 1.807) is 11.1 Å². The fourth-order valence-corrected chi connectivity index (χ4v) is 5.98. The number of carbonyl (C=O) groups is 1. The third kappa shape index (κ3) is 2.32. The van der Waals surface area contributed by atoms with Crippen LogP contribution >= 0.6 is 0 Å². The van der Waals surface area contributed by atoms with Crippen molar-refractivity contribution < 1.29 is 14.0 Å². The Morgan fingerprint density at radius 1 is 1.33 bits per heavy atom. The maximum Gasteiger partial charge on any atom is 0.306 e. The van der Waals surface area contributed by atoms with Crippen molar-refractivity contribution in [1.82, 2.24) is 0 Å². The van der Waals surface area contributed by atoms with Crippen molar-refractivity contribution in [2.75, 3.05) is 20.3 Å². The summed E-state index contributed by atoms with van der Waals surface area (Å²) in [7, 11) is 2.31. The number of carbonyl (C=O) groups excluding carboxylic acids is 1. The molecule has 4 atom stereocenters. The third-order valence-electron chi connectivity index (χ3n) is 7.23. The molecule has 0 amide bonds. The number of ether oxygens (including phenoxy) is 1. The van der Waals surface area contributed by atoms with Crippen molar-refractivity contribution in [3.05, 3.63) is 34.9 Å². The molecule has 0 spiro atoms. The van der Waals surface area contributed by atoms with Crippen LogP contribution in [0.1, 0.15) is 55.7 Å². The van der Waals surface area contributed by atoms with E-state index in [1.165, 1.54) is 44.6 Å². The van der Waals surface area contributed by atoms with E-state index >= 15 is 0 Å². The van der Waals surface area contributed by atoms with Gasteiger partial charge in [0.05, 0.1) is 19.6 Å². The Labute approximate surface area is 145 Å². The Kier molecular flexibility index (Phi) is 3.76. The second-order valence-corrected chi connectivity index (χ2v) is 8.66. The lowest BCUT2D eigenvalue weighted by Crippen LogP contribution is -2.69. The first kappa shape index (κ1) is 16.1. The lowest BCUT2D eigenvalue weighted by molar-refractivity contribution is -0.959. The summed E-state index contributed by atoms with van der Waals surface area (Å²) in [4.78, 5) is 11.4. The molecule has 4 rings (SSSR count). The largest absolute Gasteiger partial charge is 0.415 e. The number of fused-ring (bicyclic) bond motifs is 1. The first-order valence-corrected chi connectivity index (χ1v) is 9.52. The second-order valence-electron chi connectivity index (χ2n) is 8.66. The summed E-state index contributed by atoms with van der Waals surface area (Å²) >= 11 is 0. The van der Waals surface area contributed by atoms with Crippen LogP contribution in [0.25, 0.3) is 0 Å². The molecular formula is C21H30NO2+. The van der Waals surface area contributed by atoms with Crippen LogP contribution in [0.4, 0.5) is 0 Å². The Morgan fingerprint density at radius 2 is 2.17 bits per heavy atom. The van der Waals surface area contributed by atoms with Gasteiger partial charge in [0.1, 0.15) is 0 Å². The van der Waals surface area contributed by atoms with Crippen LogP contribution < -0.4 is 0 Å². The van der Waals surface area contributed by atoms with Crippen LogP contribution in [0, 0.1) is 12.8 Å². The molecule has 0 aromatic heterocycles. The van der Waals surface area contributed by atoms with Crippen molar-refractivity contribution in [3.63, 3.8) is 0 Å². The fraction of sp³-hybridized carbons (Fsp3) is 0.667. The fourth-order valence-electron chi connectivity index (χ4n) is 5.98. The first-order valence-electron chi connectivity index (χ1n) is 9.52. The molecule has 2 aliphatic carbocycles. The molecule has 2 fully saturated rings. The minimum Gasteiger partial charge on any atom is -0.415 e. The molecular weight excluding hydrogens is 298 g/mol. The highest BCUT2D eigenvalue weighted by Gasteiger charge is 2.59. The molecule has 130 valence electrons. The summed E-state index contributed by atoms with van der Waals surface area (Å²) in [5.74, 6) is 0.594. The van der Waals surface area contributed by atoms with Gasteiger partial charge in [-0.2, -0.15) is 0 Å². The van der Waals surface area contributed by atoms with E-state index in [2.05, 4.69) is 32.2 Å². The molecule has 3 nitrogen and oxygen atoms in total. The van der Waals surface area contributed by atoms with Gasteiger partial charge in [0.2, 0.25) is 6.73 Å². The number of likely N-dealkylation sites (tertiary alicyclic amines) is 1. The summed E-state index contributed by atoms with van der Waals surface area (Å²) in [6, 6.07) is 7.70. The van der Waals surface area contributed by atoms with E-state index in [9.17, 15) is 4.79 Å². The zero-order chi connectivity index (χ0) is 16.9. The van der Waals surface area contributed by atoms with Gasteiger partial charge in [-0.15, -0.1) is 0 Å². The van der Waals surface area contributed by atoms with Crippen LogP contribution in [0.2, 0.25) is 0 Å².